The van der Waals surface area contributed by atoms with Crippen molar-refractivity contribution < 1.29 is 0 Å². The minimum atomic E-state index is 1.16. The van der Waals surface area contributed by atoms with E-state index in [0.717, 1.165) is 22.7 Å². The molecular weight excluding hydrogens is 753 g/mol. The summed E-state index contributed by atoms with van der Waals surface area (Å²) >= 11 is 0. The van der Waals surface area contributed by atoms with Crippen molar-refractivity contribution in [1.82, 2.24) is 18.3 Å². The highest BCUT2D eigenvalue weighted by Gasteiger charge is 2.22. The van der Waals surface area contributed by atoms with Gasteiger partial charge in [-0.2, -0.15) is 0 Å². The van der Waals surface area contributed by atoms with Crippen LogP contribution in [-0.2, 0) is 0 Å². The van der Waals surface area contributed by atoms with E-state index in [1.54, 1.807) is 0 Å². The van der Waals surface area contributed by atoms with Crippen molar-refractivity contribution in [2.45, 2.75) is 0 Å². The summed E-state index contributed by atoms with van der Waals surface area (Å²) in [6.07, 6.45) is 0. The van der Waals surface area contributed by atoms with Gasteiger partial charge in [-0.05, 0) is 84.9 Å². The first-order valence-corrected chi connectivity index (χ1v) is 21.4. The predicted octanol–water partition coefficient (Wildman–Crippen LogP) is 15.2. The van der Waals surface area contributed by atoms with Gasteiger partial charge in [-0.15, -0.1) is 0 Å². The van der Waals surface area contributed by atoms with Gasteiger partial charge in [-0.25, -0.2) is 0 Å². The van der Waals surface area contributed by atoms with E-state index in [0.29, 0.717) is 0 Å². The summed E-state index contributed by atoms with van der Waals surface area (Å²) in [5.41, 5.74) is 14.3. The lowest BCUT2D eigenvalue weighted by atomic mass is 10.1. The summed E-state index contributed by atoms with van der Waals surface area (Å²) in [5.74, 6) is 0. The second-order valence-corrected chi connectivity index (χ2v) is 16.5. The third-order valence-corrected chi connectivity index (χ3v) is 13.3. The molecule has 0 N–H and O–H groups in total. The lowest BCUT2D eigenvalue weighted by Gasteiger charge is -2.16. The van der Waals surface area contributed by atoms with Crippen molar-refractivity contribution in [3.05, 3.63) is 218 Å². The highest BCUT2D eigenvalue weighted by Crippen LogP contribution is 2.43. The Labute approximate surface area is 355 Å². The van der Waals surface area contributed by atoms with Crippen LogP contribution in [0.15, 0.2) is 218 Å². The van der Waals surface area contributed by atoms with Crippen molar-refractivity contribution in [3.63, 3.8) is 0 Å². The zero-order valence-electron chi connectivity index (χ0n) is 33.6. The van der Waals surface area contributed by atoms with E-state index in [1.807, 2.05) is 0 Å². The zero-order valence-corrected chi connectivity index (χ0v) is 33.6. The largest absolute Gasteiger partial charge is 0.309 e. The number of hydrogen-bond acceptors (Lipinski definition) is 0. The van der Waals surface area contributed by atoms with Crippen LogP contribution in [0, 0.1) is 0 Å². The van der Waals surface area contributed by atoms with Gasteiger partial charge in [0.1, 0.15) is 0 Å². The molecule has 0 atom stereocenters. The highest BCUT2D eigenvalue weighted by molar-refractivity contribution is 6.21. The molecule has 10 aromatic carbocycles. The molecule has 4 heterocycles. The van der Waals surface area contributed by atoms with E-state index in [4.69, 9.17) is 0 Å². The molecule has 4 aromatic heterocycles. The van der Waals surface area contributed by atoms with Gasteiger partial charge in [0.05, 0.1) is 55.5 Å². The summed E-state index contributed by atoms with van der Waals surface area (Å²) in [4.78, 5) is 0. The van der Waals surface area contributed by atoms with Crippen molar-refractivity contribution in [3.8, 4) is 22.7 Å². The molecule has 0 spiro atoms. The molecule has 288 valence electrons. The first-order valence-electron chi connectivity index (χ1n) is 21.4. The van der Waals surface area contributed by atoms with Gasteiger partial charge >= 0.3 is 0 Å². The van der Waals surface area contributed by atoms with E-state index < -0.39 is 0 Å². The third kappa shape index (κ3) is 4.50. The SMILES string of the molecule is c1ccc(-n2c3ccccc3c3cc4c(cc32)c2ccccc2n4-c2cccc3c(-n4c5ccccc5c5cc6c(cc54)c4ccccc4n6-c4ccccc4)cccc23)cc1. The quantitative estimate of drug-likeness (QED) is 0.169. The van der Waals surface area contributed by atoms with Crippen LogP contribution in [0.1, 0.15) is 0 Å². The minimum Gasteiger partial charge on any atom is -0.309 e. The fourth-order valence-electron chi connectivity index (χ4n) is 10.8. The molecule has 0 aliphatic rings. The fraction of sp³-hybridized carbons (Fsp3) is 0. The Bertz CT molecular complexity index is 3870. The Morgan fingerprint density at radius 3 is 0.806 bits per heavy atom. The topological polar surface area (TPSA) is 19.7 Å². The van der Waals surface area contributed by atoms with E-state index >= 15 is 0 Å². The molecule has 0 amide bonds. The van der Waals surface area contributed by atoms with Crippen LogP contribution >= 0.6 is 0 Å². The molecule has 0 bridgehead atoms. The zero-order chi connectivity index (χ0) is 40.5. The lowest BCUT2D eigenvalue weighted by Crippen LogP contribution is -1.99. The third-order valence-electron chi connectivity index (χ3n) is 13.3. The van der Waals surface area contributed by atoms with Gasteiger partial charge in [-0.1, -0.05) is 133 Å². The van der Waals surface area contributed by atoms with Crippen LogP contribution in [0.5, 0.6) is 0 Å². The Hall–Kier alpha value is -8.34. The summed E-state index contributed by atoms with van der Waals surface area (Å²) in [6.45, 7) is 0. The molecule has 0 fully saturated rings. The van der Waals surface area contributed by atoms with E-state index in [1.165, 1.54) is 98.0 Å². The number of fused-ring (bicyclic) bond motifs is 13. The fourth-order valence-corrected chi connectivity index (χ4v) is 10.8. The molecule has 4 nitrogen and oxygen atoms in total. The Morgan fingerprint density at radius 1 is 0.177 bits per heavy atom. The maximum Gasteiger partial charge on any atom is 0.0549 e. The summed E-state index contributed by atoms with van der Waals surface area (Å²) in [7, 11) is 0. The lowest BCUT2D eigenvalue weighted by molar-refractivity contribution is 1.17. The second kappa shape index (κ2) is 12.6. The molecule has 4 heteroatoms. The standard InChI is InChI=1S/C58H36N4/c1-3-17-37(18-4-1)59-49-27-11-7-21-41(49)45-35-57-47(33-55(45)59)43-23-9-13-29-51(43)61(57)53-31-15-26-40-39(53)25-16-32-54(40)62-52-30-14-10-24-44(52)48-34-56-46(36-58(48)62)42-22-8-12-28-50(42)60(56)38-19-5-2-6-20-38/h1-36H. The van der Waals surface area contributed by atoms with E-state index in [2.05, 4.69) is 237 Å². The molecule has 0 unspecified atom stereocenters. The van der Waals surface area contributed by atoms with Crippen LogP contribution < -0.4 is 0 Å². The normalized spacial score (nSPS) is 12.2. The van der Waals surface area contributed by atoms with Gasteiger partial charge in [0.2, 0.25) is 0 Å². The molecular formula is C58H36N4. The van der Waals surface area contributed by atoms with Gasteiger partial charge in [-0.3, -0.25) is 0 Å². The monoisotopic (exact) mass is 788 g/mol. The first-order chi connectivity index (χ1) is 30.8. The number of hydrogen-bond donors (Lipinski definition) is 0. The maximum atomic E-state index is 2.50. The number of nitrogens with zero attached hydrogens (tertiary/aromatic N) is 4. The van der Waals surface area contributed by atoms with E-state index in [9.17, 15) is 0 Å². The van der Waals surface area contributed by atoms with Crippen LogP contribution in [0.2, 0.25) is 0 Å². The van der Waals surface area contributed by atoms with Crippen molar-refractivity contribution >= 4 is 98.0 Å². The van der Waals surface area contributed by atoms with E-state index in [-0.39, 0.29) is 0 Å². The van der Waals surface area contributed by atoms with Crippen molar-refractivity contribution in [2.75, 3.05) is 0 Å². The average molecular weight is 789 g/mol. The van der Waals surface area contributed by atoms with Gasteiger partial charge in [0.25, 0.3) is 0 Å². The van der Waals surface area contributed by atoms with Gasteiger partial charge < -0.3 is 18.3 Å². The highest BCUT2D eigenvalue weighted by atomic mass is 15.0. The predicted molar refractivity (Wildman–Crippen MR) is 261 cm³/mol. The minimum absolute atomic E-state index is 1.16. The first kappa shape index (κ1) is 33.5. The van der Waals surface area contributed by atoms with Crippen molar-refractivity contribution in [1.29, 1.82) is 0 Å². The number of benzene rings is 10. The molecule has 0 saturated carbocycles. The van der Waals surface area contributed by atoms with Crippen LogP contribution in [-0.4, -0.2) is 18.3 Å². The Kier molecular flexibility index (Phi) is 6.80. The molecule has 0 aliphatic carbocycles. The molecule has 14 aromatic rings. The Morgan fingerprint density at radius 2 is 0.452 bits per heavy atom. The van der Waals surface area contributed by atoms with Crippen LogP contribution in [0.25, 0.3) is 121 Å². The number of para-hydroxylation sites is 6. The summed E-state index contributed by atoms with van der Waals surface area (Å²) in [5, 5.41) is 12.3. The van der Waals surface area contributed by atoms with Crippen molar-refractivity contribution in [2.24, 2.45) is 0 Å². The van der Waals surface area contributed by atoms with Gasteiger partial charge in [0, 0.05) is 65.2 Å². The molecule has 14 rings (SSSR count). The summed E-state index contributed by atoms with van der Waals surface area (Å²) < 4.78 is 9.83. The molecule has 0 radical (unpaired) electrons. The molecule has 62 heavy (non-hydrogen) atoms. The number of aromatic nitrogens is 4. The maximum absolute atomic E-state index is 2.50. The van der Waals surface area contributed by atoms with Crippen LogP contribution in [0.4, 0.5) is 0 Å². The molecule has 0 saturated heterocycles. The number of rotatable bonds is 4. The summed E-state index contributed by atoms with van der Waals surface area (Å²) in [6, 6.07) is 80.2. The smallest absolute Gasteiger partial charge is 0.0549 e. The second-order valence-electron chi connectivity index (χ2n) is 16.5. The Balaban J connectivity index is 1.05. The molecule has 0 aliphatic heterocycles. The van der Waals surface area contributed by atoms with Crippen LogP contribution in [0.3, 0.4) is 0 Å². The average Bonchev–Trinajstić information content (AvgIpc) is 4.05. The van der Waals surface area contributed by atoms with Gasteiger partial charge in [0.15, 0.2) is 0 Å².